The van der Waals surface area contributed by atoms with Crippen molar-refractivity contribution in [1.29, 1.82) is 0 Å². The van der Waals surface area contributed by atoms with Crippen molar-refractivity contribution in [2.75, 3.05) is 40.3 Å². The fraction of sp³-hybridized carbons (Fsp3) is 0.391. The van der Waals surface area contributed by atoms with Crippen LogP contribution in [0.25, 0.3) is 16.7 Å². The van der Waals surface area contributed by atoms with Crippen molar-refractivity contribution in [2.45, 2.75) is 18.8 Å². The number of likely N-dealkylation sites (N-methyl/N-ethyl adjacent to an activating group) is 2. The number of carboxylic acid groups (broad SMARTS) is 1. The highest BCUT2D eigenvalue weighted by Crippen LogP contribution is 2.18. The molecular formula is C23H28F3N5O2. The molecule has 178 valence electrons. The van der Waals surface area contributed by atoms with Gasteiger partial charge in [0.25, 0.3) is 0 Å². The molecule has 0 aliphatic carbocycles. The smallest absolute Gasteiger partial charge is 0.475 e. The molecule has 4 rings (SSSR count). The van der Waals surface area contributed by atoms with Gasteiger partial charge in [0.1, 0.15) is 6.33 Å². The first-order valence-corrected chi connectivity index (χ1v) is 10.6. The van der Waals surface area contributed by atoms with Gasteiger partial charge in [-0.1, -0.05) is 24.3 Å². The summed E-state index contributed by atoms with van der Waals surface area (Å²) in [4.78, 5) is 18.2. The maximum Gasteiger partial charge on any atom is 0.490 e. The lowest BCUT2D eigenvalue weighted by Crippen LogP contribution is -2.53. The molecule has 1 aliphatic heterocycles. The van der Waals surface area contributed by atoms with Crippen molar-refractivity contribution in [1.82, 2.24) is 24.7 Å². The van der Waals surface area contributed by atoms with Crippen molar-refractivity contribution in [3.05, 3.63) is 60.4 Å². The predicted octanol–water partition coefficient (Wildman–Crippen LogP) is 2.99. The molecule has 10 heteroatoms. The second-order valence-electron chi connectivity index (χ2n) is 8.10. The summed E-state index contributed by atoms with van der Waals surface area (Å²) >= 11 is 0. The molecule has 3 aromatic rings. The van der Waals surface area contributed by atoms with E-state index in [0.717, 1.165) is 49.4 Å². The summed E-state index contributed by atoms with van der Waals surface area (Å²) in [5.74, 6) is -2.76. The highest BCUT2D eigenvalue weighted by atomic mass is 19.4. The fourth-order valence-electron chi connectivity index (χ4n) is 3.64. The molecule has 2 N–H and O–H groups in total. The van der Waals surface area contributed by atoms with E-state index in [-0.39, 0.29) is 0 Å². The molecule has 0 saturated carbocycles. The van der Waals surface area contributed by atoms with Crippen LogP contribution >= 0.6 is 0 Å². The molecule has 33 heavy (non-hydrogen) atoms. The minimum atomic E-state index is -5.08. The maximum absolute atomic E-state index is 10.6. The van der Waals surface area contributed by atoms with Crippen LogP contribution < -0.4 is 5.32 Å². The molecule has 1 saturated heterocycles. The number of nitrogens with zero attached hydrogens (tertiary/aromatic N) is 4. The molecule has 1 atom stereocenters. The third kappa shape index (κ3) is 6.77. The Kier molecular flexibility index (Phi) is 8.06. The van der Waals surface area contributed by atoms with E-state index in [4.69, 9.17) is 9.90 Å². The molecule has 1 aliphatic rings. The number of nitrogens with one attached hydrogen (secondary N) is 1. The number of halogens is 3. The molecule has 0 bridgehead atoms. The third-order valence-electron chi connectivity index (χ3n) is 5.60. The van der Waals surface area contributed by atoms with Gasteiger partial charge in [0, 0.05) is 44.5 Å². The topological polar surface area (TPSA) is 73.6 Å². The average molecular weight is 464 g/mol. The van der Waals surface area contributed by atoms with Crippen molar-refractivity contribution in [3.8, 4) is 5.69 Å². The number of piperazine rings is 1. The molecule has 1 unspecified atom stereocenters. The lowest BCUT2D eigenvalue weighted by Gasteiger charge is -2.37. The number of carboxylic acids is 1. The first-order chi connectivity index (χ1) is 15.6. The Hall–Kier alpha value is -2.95. The number of imidazole rings is 1. The van der Waals surface area contributed by atoms with Crippen LogP contribution in [0.2, 0.25) is 0 Å². The molecule has 2 aromatic carbocycles. The Morgan fingerprint density at radius 1 is 1.12 bits per heavy atom. The van der Waals surface area contributed by atoms with Crippen LogP contribution in [0, 0.1) is 0 Å². The van der Waals surface area contributed by atoms with Crippen molar-refractivity contribution < 1.29 is 23.1 Å². The predicted molar refractivity (Wildman–Crippen MR) is 120 cm³/mol. The Balaban J connectivity index is 0.000000383. The summed E-state index contributed by atoms with van der Waals surface area (Å²) in [7, 11) is 4.43. The van der Waals surface area contributed by atoms with Gasteiger partial charge in [-0.25, -0.2) is 9.78 Å². The van der Waals surface area contributed by atoms with Gasteiger partial charge in [-0.3, -0.25) is 9.47 Å². The van der Waals surface area contributed by atoms with Crippen LogP contribution in [-0.2, 0) is 11.3 Å². The second kappa shape index (κ2) is 10.8. The van der Waals surface area contributed by atoms with Crippen LogP contribution in [-0.4, -0.2) is 82.9 Å². The molecule has 0 radical (unpaired) electrons. The van der Waals surface area contributed by atoms with Gasteiger partial charge in [-0.2, -0.15) is 13.2 Å². The van der Waals surface area contributed by atoms with Crippen LogP contribution in [0.15, 0.2) is 54.9 Å². The normalized spacial score (nSPS) is 17.5. The van der Waals surface area contributed by atoms with E-state index in [2.05, 4.69) is 75.2 Å². The largest absolute Gasteiger partial charge is 0.490 e. The number of benzene rings is 2. The van der Waals surface area contributed by atoms with Crippen LogP contribution in [0.1, 0.15) is 5.56 Å². The zero-order valence-corrected chi connectivity index (χ0v) is 18.6. The molecule has 2 heterocycles. The lowest BCUT2D eigenvalue weighted by molar-refractivity contribution is -0.192. The molecule has 1 fully saturated rings. The number of alkyl halides is 3. The zero-order valence-electron chi connectivity index (χ0n) is 18.6. The quantitative estimate of drug-likeness (QED) is 0.606. The number of aliphatic carboxylic acids is 1. The van der Waals surface area contributed by atoms with E-state index < -0.39 is 12.1 Å². The van der Waals surface area contributed by atoms with Crippen molar-refractivity contribution >= 4 is 17.0 Å². The van der Waals surface area contributed by atoms with Crippen molar-refractivity contribution in [3.63, 3.8) is 0 Å². The van der Waals surface area contributed by atoms with E-state index in [1.165, 1.54) is 5.56 Å². The highest BCUT2D eigenvalue weighted by Gasteiger charge is 2.38. The van der Waals surface area contributed by atoms with E-state index in [0.29, 0.717) is 6.04 Å². The molecule has 7 nitrogen and oxygen atoms in total. The SMILES string of the molecule is CN1CCN(C)C(CNCc2ccc(-n3cnc4ccccc43)cc2)C1.O=C(O)C(F)(F)F. The van der Waals surface area contributed by atoms with Crippen LogP contribution in [0.3, 0.4) is 0 Å². The standard InChI is InChI=1S/C21H27N5.C2HF3O2/c1-24-11-12-25(2)19(15-24)14-22-13-17-7-9-18(10-8-17)26-16-23-20-5-3-4-6-21(20)26;3-2(4,5)1(6)7/h3-10,16,19,22H,11-15H2,1-2H3;(H,6,7). The Morgan fingerprint density at radius 3 is 2.45 bits per heavy atom. The molecule has 0 spiro atoms. The average Bonchev–Trinajstić information content (AvgIpc) is 3.21. The van der Waals surface area contributed by atoms with Gasteiger partial charge >= 0.3 is 12.1 Å². The Bertz CT molecular complexity index is 1050. The number of aromatic nitrogens is 2. The van der Waals surface area contributed by atoms with Gasteiger partial charge in [0.05, 0.1) is 11.0 Å². The summed E-state index contributed by atoms with van der Waals surface area (Å²) in [6.07, 6.45) is -3.19. The first kappa shape index (κ1) is 24.7. The Morgan fingerprint density at radius 2 is 1.79 bits per heavy atom. The van der Waals surface area contributed by atoms with E-state index in [1.807, 2.05) is 18.5 Å². The van der Waals surface area contributed by atoms with Gasteiger partial charge in [-0.15, -0.1) is 0 Å². The summed E-state index contributed by atoms with van der Waals surface area (Å²) in [6.45, 7) is 5.37. The van der Waals surface area contributed by atoms with Crippen molar-refractivity contribution in [2.24, 2.45) is 0 Å². The molecule has 0 amide bonds. The summed E-state index contributed by atoms with van der Waals surface area (Å²) in [5, 5.41) is 10.7. The fourth-order valence-corrected chi connectivity index (χ4v) is 3.64. The maximum atomic E-state index is 10.6. The van der Waals surface area contributed by atoms with E-state index in [1.54, 1.807) is 0 Å². The lowest BCUT2D eigenvalue weighted by atomic mass is 10.1. The summed E-state index contributed by atoms with van der Waals surface area (Å²) in [5.41, 5.74) is 4.63. The monoisotopic (exact) mass is 463 g/mol. The van der Waals surface area contributed by atoms with Gasteiger partial charge < -0.3 is 15.3 Å². The van der Waals surface area contributed by atoms with Gasteiger partial charge in [0.2, 0.25) is 0 Å². The van der Waals surface area contributed by atoms with Crippen LogP contribution in [0.4, 0.5) is 13.2 Å². The van der Waals surface area contributed by atoms with E-state index in [9.17, 15) is 13.2 Å². The minimum Gasteiger partial charge on any atom is -0.475 e. The second-order valence-corrected chi connectivity index (χ2v) is 8.10. The third-order valence-corrected chi connectivity index (χ3v) is 5.60. The molecular weight excluding hydrogens is 435 g/mol. The minimum absolute atomic E-state index is 0.588. The molecule has 1 aromatic heterocycles. The number of hydrogen-bond donors (Lipinski definition) is 2. The summed E-state index contributed by atoms with van der Waals surface area (Å²) in [6, 6.07) is 17.6. The first-order valence-electron chi connectivity index (χ1n) is 10.6. The highest BCUT2D eigenvalue weighted by molar-refractivity contribution is 5.77. The number of rotatable bonds is 5. The summed E-state index contributed by atoms with van der Waals surface area (Å²) < 4.78 is 33.9. The van der Waals surface area contributed by atoms with Crippen LogP contribution in [0.5, 0.6) is 0 Å². The van der Waals surface area contributed by atoms with E-state index >= 15 is 0 Å². The number of carbonyl (C=O) groups is 1. The Labute approximate surface area is 190 Å². The number of para-hydroxylation sites is 2. The number of fused-ring (bicyclic) bond motifs is 1. The van der Waals surface area contributed by atoms with Gasteiger partial charge in [0.15, 0.2) is 0 Å². The number of hydrogen-bond acceptors (Lipinski definition) is 5. The zero-order chi connectivity index (χ0) is 24.0. The van der Waals surface area contributed by atoms with Gasteiger partial charge in [-0.05, 0) is 43.9 Å².